The lowest BCUT2D eigenvalue weighted by molar-refractivity contribution is -0.137. The van der Waals surface area contributed by atoms with Gasteiger partial charge >= 0.3 is 6.18 Å². The topological polar surface area (TPSA) is 109 Å². The highest BCUT2D eigenvalue weighted by molar-refractivity contribution is 5.75. The van der Waals surface area contributed by atoms with Crippen LogP contribution in [0.5, 0.6) is 17.2 Å². The van der Waals surface area contributed by atoms with Gasteiger partial charge < -0.3 is 14.8 Å². The van der Waals surface area contributed by atoms with E-state index in [1.807, 2.05) is 6.07 Å². The highest BCUT2D eigenvalue weighted by Crippen LogP contribution is 2.37. The van der Waals surface area contributed by atoms with E-state index in [4.69, 9.17) is 9.47 Å². The molecule has 3 aromatic rings. The number of anilines is 1. The number of aromatic nitrogens is 4. The Hall–Kier alpha value is -4.07. The molecule has 0 aliphatic carbocycles. The largest absolute Gasteiger partial charge is 0.497 e. The van der Waals surface area contributed by atoms with Crippen LogP contribution in [0.1, 0.15) is 11.4 Å². The molecule has 8 nitrogen and oxygen atoms in total. The predicted molar refractivity (Wildman–Crippen MR) is 95.9 cm³/mol. The number of tetrazole rings is 1. The third kappa shape index (κ3) is 4.81. The van der Waals surface area contributed by atoms with Crippen LogP contribution in [0, 0.1) is 11.3 Å². The van der Waals surface area contributed by atoms with E-state index in [1.54, 1.807) is 24.3 Å². The molecule has 0 aliphatic rings. The number of nitrogens with one attached hydrogen (secondary N) is 2. The molecule has 1 heterocycles. The summed E-state index contributed by atoms with van der Waals surface area (Å²) in [4.78, 5) is 0. The first-order valence-corrected chi connectivity index (χ1v) is 8.04. The first-order chi connectivity index (χ1) is 13.9. The van der Waals surface area contributed by atoms with E-state index in [0.717, 1.165) is 12.1 Å². The molecule has 0 amide bonds. The molecule has 29 heavy (non-hydrogen) atoms. The Morgan fingerprint density at radius 1 is 1.17 bits per heavy atom. The van der Waals surface area contributed by atoms with Crippen molar-refractivity contribution in [2.24, 2.45) is 0 Å². The minimum absolute atomic E-state index is 0.00751. The van der Waals surface area contributed by atoms with Crippen molar-refractivity contribution in [1.82, 2.24) is 20.6 Å². The Labute approximate surface area is 162 Å². The molecule has 0 bridgehead atoms. The second-order valence-corrected chi connectivity index (χ2v) is 5.54. The van der Waals surface area contributed by atoms with Crippen LogP contribution < -0.4 is 14.8 Å². The smallest absolute Gasteiger partial charge is 0.416 e. The molecule has 2 aromatic carbocycles. The van der Waals surface area contributed by atoms with Crippen molar-refractivity contribution in [1.29, 1.82) is 5.26 Å². The average molecular weight is 402 g/mol. The lowest BCUT2D eigenvalue weighted by Gasteiger charge is -2.14. The lowest BCUT2D eigenvalue weighted by Crippen LogP contribution is -2.06. The zero-order chi connectivity index (χ0) is 20.9. The van der Waals surface area contributed by atoms with E-state index in [9.17, 15) is 18.4 Å². The minimum atomic E-state index is -4.55. The van der Waals surface area contributed by atoms with Gasteiger partial charge in [0.25, 0.3) is 0 Å². The normalized spacial score (nSPS) is 11.6. The molecule has 1 aromatic heterocycles. The van der Waals surface area contributed by atoms with Gasteiger partial charge in [-0.15, -0.1) is 10.2 Å². The summed E-state index contributed by atoms with van der Waals surface area (Å²) in [6, 6.07) is 11.3. The fraction of sp³-hybridized carbons (Fsp3) is 0.111. The van der Waals surface area contributed by atoms with Crippen LogP contribution in [0.2, 0.25) is 0 Å². The standard InChI is InChI=1S/C18H13F3N6O2/c1-28-13-3-5-14(6-4-13)29-16-7-2-12(18(19,20)21)8-15(16)23-10-11(9-22)17-24-26-27-25-17/h2-8,10,23H,1H3,(H,24,25,26,27). The van der Waals surface area contributed by atoms with Gasteiger partial charge in [0.2, 0.25) is 5.82 Å². The molecule has 3 rings (SSSR count). The van der Waals surface area contributed by atoms with Crippen molar-refractivity contribution in [3.05, 3.63) is 60.1 Å². The Morgan fingerprint density at radius 2 is 1.90 bits per heavy atom. The number of halogens is 3. The molecule has 0 fully saturated rings. The molecule has 0 aliphatic heterocycles. The van der Waals surface area contributed by atoms with Crippen LogP contribution in [-0.4, -0.2) is 27.7 Å². The zero-order valence-electron chi connectivity index (χ0n) is 14.9. The van der Waals surface area contributed by atoms with Gasteiger partial charge in [0.1, 0.15) is 23.1 Å². The van der Waals surface area contributed by atoms with Crippen molar-refractivity contribution in [3.8, 4) is 23.3 Å². The number of methoxy groups -OCH3 is 1. The zero-order valence-corrected chi connectivity index (χ0v) is 14.9. The predicted octanol–water partition coefficient (Wildman–Crippen LogP) is 4.00. The number of benzene rings is 2. The highest BCUT2D eigenvalue weighted by atomic mass is 19.4. The van der Waals surface area contributed by atoms with Crippen molar-refractivity contribution in [3.63, 3.8) is 0 Å². The third-order valence-electron chi connectivity index (χ3n) is 3.67. The van der Waals surface area contributed by atoms with Crippen molar-refractivity contribution in [2.75, 3.05) is 12.4 Å². The quantitative estimate of drug-likeness (QED) is 0.600. The lowest BCUT2D eigenvalue weighted by atomic mass is 10.1. The van der Waals surface area contributed by atoms with E-state index >= 15 is 0 Å². The SMILES string of the molecule is COc1ccc(Oc2ccc(C(F)(F)F)cc2NC=C(C#N)c2nn[nH]n2)cc1. The van der Waals surface area contributed by atoms with Crippen molar-refractivity contribution >= 4 is 11.3 Å². The van der Waals surface area contributed by atoms with Gasteiger partial charge in [0, 0.05) is 6.20 Å². The van der Waals surface area contributed by atoms with Crippen LogP contribution in [-0.2, 0) is 6.18 Å². The molecule has 0 radical (unpaired) electrons. The molecule has 148 valence electrons. The van der Waals surface area contributed by atoms with Gasteiger partial charge in [0.15, 0.2) is 5.75 Å². The van der Waals surface area contributed by atoms with Gasteiger partial charge in [0.05, 0.1) is 18.4 Å². The summed E-state index contributed by atoms with van der Waals surface area (Å²) in [6.07, 6.45) is -3.38. The molecule has 11 heteroatoms. The number of aromatic amines is 1. The number of ether oxygens (including phenoxy) is 2. The van der Waals surface area contributed by atoms with Gasteiger partial charge in [-0.25, -0.2) is 0 Å². The number of hydrogen-bond donors (Lipinski definition) is 2. The van der Waals surface area contributed by atoms with Crippen LogP contribution in [0.4, 0.5) is 18.9 Å². The number of alkyl halides is 3. The van der Waals surface area contributed by atoms with Crippen molar-refractivity contribution < 1.29 is 22.6 Å². The summed E-state index contributed by atoms with van der Waals surface area (Å²) in [5, 5.41) is 24.7. The van der Waals surface area contributed by atoms with Crippen LogP contribution >= 0.6 is 0 Å². The number of allylic oxidation sites excluding steroid dienone is 1. The second kappa shape index (κ2) is 8.30. The van der Waals surface area contributed by atoms with E-state index in [2.05, 4.69) is 25.9 Å². The molecule has 0 unspecified atom stereocenters. The van der Waals surface area contributed by atoms with E-state index < -0.39 is 11.7 Å². The fourth-order valence-corrected chi connectivity index (χ4v) is 2.25. The Kier molecular flexibility index (Phi) is 5.64. The number of nitrogens with zero attached hydrogens (tertiary/aromatic N) is 4. The number of nitriles is 1. The minimum Gasteiger partial charge on any atom is -0.497 e. The summed E-state index contributed by atoms with van der Waals surface area (Å²) in [5.74, 6) is 1.09. The summed E-state index contributed by atoms with van der Waals surface area (Å²) in [7, 11) is 1.51. The van der Waals surface area contributed by atoms with Gasteiger partial charge in [-0.2, -0.15) is 23.6 Å². The molecule has 2 N–H and O–H groups in total. The maximum Gasteiger partial charge on any atom is 0.416 e. The third-order valence-corrected chi connectivity index (χ3v) is 3.67. The average Bonchev–Trinajstić information content (AvgIpc) is 3.24. The molecule has 0 atom stereocenters. The van der Waals surface area contributed by atoms with Crippen LogP contribution in [0.25, 0.3) is 5.57 Å². The van der Waals surface area contributed by atoms with E-state index in [1.165, 1.54) is 19.4 Å². The van der Waals surface area contributed by atoms with Gasteiger partial charge in [-0.3, -0.25) is 0 Å². The summed E-state index contributed by atoms with van der Waals surface area (Å²) >= 11 is 0. The monoisotopic (exact) mass is 402 g/mol. The summed E-state index contributed by atoms with van der Waals surface area (Å²) in [5.41, 5.74) is -0.924. The Morgan fingerprint density at radius 3 is 2.48 bits per heavy atom. The second-order valence-electron chi connectivity index (χ2n) is 5.54. The molecule has 0 spiro atoms. The first kappa shape index (κ1) is 19.7. The van der Waals surface area contributed by atoms with Crippen molar-refractivity contribution in [2.45, 2.75) is 6.18 Å². The molecule has 0 saturated carbocycles. The Balaban J connectivity index is 1.94. The van der Waals surface area contributed by atoms with Gasteiger partial charge in [-0.05, 0) is 47.7 Å². The molecular weight excluding hydrogens is 389 g/mol. The Bertz CT molecular complexity index is 1040. The molecular formula is C18H13F3N6O2. The fourth-order valence-electron chi connectivity index (χ4n) is 2.25. The van der Waals surface area contributed by atoms with E-state index in [0.29, 0.717) is 11.5 Å². The maximum absolute atomic E-state index is 13.1. The number of H-pyrrole nitrogens is 1. The molecule has 0 saturated heterocycles. The summed E-state index contributed by atoms with van der Waals surface area (Å²) < 4.78 is 50.1. The highest BCUT2D eigenvalue weighted by Gasteiger charge is 2.31. The van der Waals surface area contributed by atoms with Crippen LogP contribution in [0.15, 0.2) is 48.7 Å². The number of hydrogen-bond acceptors (Lipinski definition) is 7. The number of rotatable bonds is 6. The first-order valence-electron chi connectivity index (χ1n) is 8.04. The van der Waals surface area contributed by atoms with Gasteiger partial charge in [-0.1, -0.05) is 0 Å². The van der Waals surface area contributed by atoms with Crippen LogP contribution in [0.3, 0.4) is 0 Å². The maximum atomic E-state index is 13.1. The summed E-state index contributed by atoms with van der Waals surface area (Å²) in [6.45, 7) is 0. The van der Waals surface area contributed by atoms with E-state index in [-0.39, 0.29) is 22.8 Å².